The van der Waals surface area contributed by atoms with Crippen LogP contribution in [-0.2, 0) is 0 Å². The van der Waals surface area contributed by atoms with Crippen molar-refractivity contribution in [1.29, 1.82) is 0 Å². The van der Waals surface area contributed by atoms with E-state index in [0.29, 0.717) is 11.8 Å². The predicted octanol–water partition coefficient (Wildman–Crippen LogP) is 2.50. The second-order valence-corrected chi connectivity index (χ2v) is 5.93. The monoisotopic (exact) mass is 269 g/mol. The smallest absolute Gasteiger partial charge is 0.260 e. The van der Waals surface area contributed by atoms with Crippen LogP contribution >= 0.6 is 11.8 Å². The molecule has 0 radical (unpaired) electrons. The van der Waals surface area contributed by atoms with Gasteiger partial charge in [0.15, 0.2) is 0 Å². The van der Waals surface area contributed by atoms with Gasteiger partial charge in [-0.15, -0.1) is 0 Å². The molecule has 1 aromatic carbocycles. The lowest BCUT2D eigenvalue weighted by molar-refractivity contribution is 0.0690. The van der Waals surface area contributed by atoms with Gasteiger partial charge in [0, 0.05) is 23.6 Å². The lowest BCUT2D eigenvalue weighted by Crippen LogP contribution is -2.48. The molecule has 1 amide bonds. The molecule has 1 fully saturated rings. The molecular weight excluding hydrogens is 253 g/mol. The molecule has 2 atom stereocenters. The van der Waals surface area contributed by atoms with Gasteiger partial charge in [-0.3, -0.25) is 4.79 Å². The van der Waals surface area contributed by atoms with Crippen LogP contribution < -0.4 is 0 Å². The fourth-order valence-electron chi connectivity index (χ4n) is 2.09. The Labute approximate surface area is 110 Å². The quantitative estimate of drug-likeness (QED) is 0.851. The van der Waals surface area contributed by atoms with E-state index in [2.05, 4.69) is 6.92 Å². The molecule has 18 heavy (non-hydrogen) atoms. The molecule has 1 aliphatic rings. The number of rotatable bonds is 1. The minimum atomic E-state index is -0.668. The van der Waals surface area contributed by atoms with Gasteiger partial charge in [-0.1, -0.05) is 13.0 Å². The predicted molar refractivity (Wildman–Crippen MR) is 70.5 cm³/mol. The van der Waals surface area contributed by atoms with Crippen molar-refractivity contribution in [2.75, 3.05) is 12.3 Å². The minimum Gasteiger partial charge on any atom is -0.507 e. The van der Waals surface area contributed by atoms with Gasteiger partial charge in [-0.25, -0.2) is 4.39 Å². The van der Waals surface area contributed by atoms with Gasteiger partial charge >= 0.3 is 0 Å². The van der Waals surface area contributed by atoms with Crippen LogP contribution in [0.4, 0.5) is 4.39 Å². The summed E-state index contributed by atoms with van der Waals surface area (Å²) in [5.74, 6) is -0.548. The van der Waals surface area contributed by atoms with E-state index in [0.717, 1.165) is 5.75 Å². The van der Waals surface area contributed by atoms with E-state index < -0.39 is 11.7 Å². The average Bonchev–Trinajstić information content (AvgIpc) is 2.32. The first-order valence-electron chi connectivity index (χ1n) is 5.92. The first-order chi connectivity index (χ1) is 8.52. The van der Waals surface area contributed by atoms with E-state index in [1.165, 1.54) is 18.2 Å². The molecule has 1 aromatic rings. The van der Waals surface area contributed by atoms with Crippen molar-refractivity contribution >= 4 is 17.7 Å². The molecule has 2 unspecified atom stereocenters. The summed E-state index contributed by atoms with van der Waals surface area (Å²) < 4.78 is 13.7. The van der Waals surface area contributed by atoms with E-state index in [4.69, 9.17) is 0 Å². The van der Waals surface area contributed by atoms with Crippen LogP contribution in [0.2, 0.25) is 0 Å². The molecule has 0 bridgehead atoms. The SMILES string of the molecule is CC1SCCN(C(=O)c2c(O)cccc2F)C1C. The molecule has 3 nitrogen and oxygen atoms in total. The Balaban J connectivity index is 2.31. The van der Waals surface area contributed by atoms with Gasteiger partial charge in [0.2, 0.25) is 0 Å². The van der Waals surface area contributed by atoms with Gasteiger partial charge in [-0.05, 0) is 19.1 Å². The number of benzene rings is 1. The molecule has 5 heteroatoms. The number of carbonyl (C=O) groups is 1. The molecule has 98 valence electrons. The second kappa shape index (κ2) is 5.18. The molecule has 0 spiro atoms. The third-order valence-corrected chi connectivity index (χ3v) is 4.69. The highest BCUT2D eigenvalue weighted by Gasteiger charge is 2.31. The highest BCUT2D eigenvalue weighted by molar-refractivity contribution is 8.00. The van der Waals surface area contributed by atoms with Crippen molar-refractivity contribution < 1.29 is 14.3 Å². The van der Waals surface area contributed by atoms with Crippen molar-refractivity contribution in [3.63, 3.8) is 0 Å². The molecule has 1 saturated heterocycles. The number of carbonyl (C=O) groups excluding carboxylic acids is 1. The number of aromatic hydroxyl groups is 1. The van der Waals surface area contributed by atoms with Gasteiger partial charge in [0.1, 0.15) is 17.1 Å². The van der Waals surface area contributed by atoms with Crippen LogP contribution in [0.3, 0.4) is 0 Å². The summed E-state index contributed by atoms with van der Waals surface area (Å²) in [5, 5.41) is 9.97. The maximum atomic E-state index is 13.7. The van der Waals surface area contributed by atoms with Crippen molar-refractivity contribution in [1.82, 2.24) is 4.90 Å². The number of thioether (sulfide) groups is 1. The zero-order valence-corrected chi connectivity index (χ0v) is 11.2. The molecule has 0 saturated carbocycles. The summed E-state index contributed by atoms with van der Waals surface area (Å²) >= 11 is 1.80. The third-order valence-electron chi connectivity index (χ3n) is 3.35. The Bertz CT molecular complexity index is 446. The van der Waals surface area contributed by atoms with E-state index in [9.17, 15) is 14.3 Å². The van der Waals surface area contributed by atoms with Crippen molar-refractivity contribution in [3.05, 3.63) is 29.6 Å². The number of phenols is 1. The fourth-order valence-corrected chi connectivity index (χ4v) is 3.19. The normalized spacial score (nSPS) is 24.1. The standard InChI is InChI=1S/C13H16FNO2S/c1-8-9(2)18-7-6-15(8)13(17)12-10(14)4-3-5-11(12)16/h3-5,8-9,16H,6-7H2,1-2H3. The van der Waals surface area contributed by atoms with E-state index >= 15 is 0 Å². The Morgan fingerprint density at radius 3 is 2.89 bits per heavy atom. The summed E-state index contributed by atoms with van der Waals surface area (Å²) in [5.41, 5.74) is -0.219. The van der Waals surface area contributed by atoms with Crippen molar-refractivity contribution in [2.24, 2.45) is 0 Å². The van der Waals surface area contributed by atoms with Crippen molar-refractivity contribution in [2.45, 2.75) is 25.1 Å². The average molecular weight is 269 g/mol. The second-order valence-electron chi connectivity index (χ2n) is 4.45. The minimum absolute atomic E-state index is 0.0373. The lowest BCUT2D eigenvalue weighted by Gasteiger charge is -2.37. The number of hydrogen-bond donors (Lipinski definition) is 1. The van der Waals surface area contributed by atoms with Crippen LogP contribution in [0.15, 0.2) is 18.2 Å². The van der Waals surface area contributed by atoms with E-state index in [1.807, 2.05) is 6.92 Å². The number of hydrogen-bond acceptors (Lipinski definition) is 3. The molecule has 2 rings (SSSR count). The summed E-state index contributed by atoms with van der Waals surface area (Å²) in [7, 11) is 0. The van der Waals surface area contributed by atoms with Gasteiger partial charge < -0.3 is 10.0 Å². The molecule has 1 N–H and O–H groups in total. The first-order valence-corrected chi connectivity index (χ1v) is 6.97. The van der Waals surface area contributed by atoms with Gasteiger partial charge in [-0.2, -0.15) is 11.8 Å². The number of amides is 1. The van der Waals surface area contributed by atoms with Crippen LogP contribution in [0.1, 0.15) is 24.2 Å². The topological polar surface area (TPSA) is 40.5 Å². The Hall–Kier alpha value is -1.23. The van der Waals surface area contributed by atoms with Crippen LogP contribution in [-0.4, -0.2) is 39.5 Å². The maximum Gasteiger partial charge on any atom is 0.260 e. The molecule has 0 aromatic heterocycles. The molecule has 1 aliphatic heterocycles. The van der Waals surface area contributed by atoms with Gasteiger partial charge in [0.05, 0.1) is 0 Å². The number of nitrogens with zero attached hydrogens (tertiary/aromatic N) is 1. The maximum absolute atomic E-state index is 13.7. The lowest BCUT2D eigenvalue weighted by atomic mass is 10.1. The van der Waals surface area contributed by atoms with E-state index in [1.54, 1.807) is 16.7 Å². The Kier molecular flexibility index (Phi) is 3.80. The fraction of sp³-hybridized carbons (Fsp3) is 0.462. The highest BCUT2D eigenvalue weighted by Crippen LogP contribution is 2.28. The highest BCUT2D eigenvalue weighted by atomic mass is 32.2. The van der Waals surface area contributed by atoms with Crippen LogP contribution in [0, 0.1) is 5.82 Å². The largest absolute Gasteiger partial charge is 0.507 e. The summed E-state index contributed by atoms with van der Waals surface area (Å²) in [6, 6.07) is 3.96. The Morgan fingerprint density at radius 2 is 2.22 bits per heavy atom. The van der Waals surface area contributed by atoms with Crippen LogP contribution in [0.5, 0.6) is 5.75 Å². The zero-order chi connectivity index (χ0) is 13.3. The molecular formula is C13H16FNO2S. The number of halogens is 1. The molecule has 1 heterocycles. The van der Waals surface area contributed by atoms with Crippen LogP contribution in [0.25, 0.3) is 0 Å². The van der Waals surface area contributed by atoms with Gasteiger partial charge in [0.25, 0.3) is 5.91 Å². The number of phenolic OH excluding ortho intramolecular Hbond substituents is 1. The molecule has 0 aliphatic carbocycles. The summed E-state index contributed by atoms with van der Waals surface area (Å²) in [4.78, 5) is 14.0. The zero-order valence-electron chi connectivity index (χ0n) is 10.4. The first kappa shape index (κ1) is 13.2. The summed E-state index contributed by atoms with van der Waals surface area (Å²) in [6.07, 6.45) is 0. The van der Waals surface area contributed by atoms with Crippen molar-refractivity contribution in [3.8, 4) is 5.75 Å². The summed E-state index contributed by atoms with van der Waals surface area (Å²) in [6.45, 7) is 4.59. The van der Waals surface area contributed by atoms with E-state index in [-0.39, 0.29) is 17.4 Å². The third kappa shape index (κ3) is 2.32. The Morgan fingerprint density at radius 1 is 1.50 bits per heavy atom.